The maximum Gasteiger partial charge on any atom is 0.269 e. The van der Waals surface area contributed by atoms with E-state index >= 15 is 0 Å². The fraction of sp³-hybridized carbons (Fsp3) is 0.143. The topological polar surface area (TPSA) is 43.1 Å². The summed E-state index contributed by atoms with van der Waals surface area (Å²) in [5.41, 5.74) is 1.77. The monoisotopic (exact) mass is 279 g/mol. The Labute approximate surface area is 114 Å². The second kappa shape index (κ2) is 5.80. The minimum absolute atomic E-state index is 0.0525. The largest absolute Gasteiger partial charge is 0.269 e. The second-order valence-electron chi connectivity index (χ2n) is 4.15. The van der Waals surface area contributed by atoms with Crippen molar-refractivity contribution in [2.45, 2.75) is 11.8 Å². The van der Waals surface area contributed by atoms with Crippen molar-refractivity contribution in [3.63, 3.8) is 0 Å². The van der Waals surface area contributed by atoms with E-state index in [4.69, 9.17) is 11.6 Å². The maximum absolute atomic E-state index is 12.8. The molecule has 0 bridgehead atoms. The zero-order valence-electron chi connectivity index (χ0n) is 9.92. The van der Waals surface area contributed by atoms with Crippen molar-refractivity contribution in [1.82, 2.24) is 0 Å². The molecule has 0 saturated heterocycles. The highest BCUT2D eigenvalue weighted by molar-refractivity contribution is 6.20. The first-order valence-electron chi connectivity index (χ1n) is 5.69. The molecule has 1 unspecified atom stereocenters. The Hall–Kier alpha value is -1.94. The number of hydrogen-bond acceptors (Lipinski definition) is 2. The fourth-order valence-corrected chi connectivity index (χ4v) is 2.07. The van der Waals surface area contributed by atoms with Gasteiger partial charge in [0.2, 0.25) is 0 Å². The fourth-order valence-electron chi connectivity index (χ4n) is 1.75. The number of rotatable bonds is 4. The first-order chi connectivity index (χ1) is 9.06. The molecule has 0 aliphatic rings. The van der Waals surface area contributed by atoms with Gasteiger partial charge in [0.05, 0.1) is 10.3 Å². The van der Waals surface area contributed by atoms with Gasteiger partial charge in [0.25, 0.3) is 5.69 Å². The molecule has 3 nitrogen and oxygen atoms in total. The van der Waals surface area contributed by atoms with Crippen molar-refractivity contribution in [1.29, 1.82) is 0 Å². The lowest BCUT2D eigenvalue weighted by Crippen LogP contribution is -1.96. The zero-order chi connectivity index (χ0) is 13.8. The van der Waals surface area contributed by atoms with E-state index < -0.39 is 4.92 Å². The first-order valence-corrected chi connectivity index (χ1v) is 6.13. The van der Waals surface area contributed by atoms with E-state index in [0.717, 1.165) is 11.1 Å². The van der Waals surface area contributed by atoms with Crippen LogP contribution in [0, 0.1) is 15.9 Å². The smallest absolute Gasteiger partial charge is 0.258 e. The van der Waals surface area contributed by atoms with Crippen LogP contribution in [0.3, 0.4) is 0 Å². The zero-order valence-corrected chi connectivity index (χ0v) is 10.7. The third-order valence-electron chi connectivity index (χ3n) is 2.79. The summed E-state index contributed by atoms with van der Waals surface area (Å²) in [6.45, 7) is 0. The Balaban J connectivity index is 2.08. The Morgan fingerprint density at radius 1 is 1.11 bits per heavy atom. The Bertz CT molecular complexity index is 569. The number of non-ortho nitro benzene ring substituents is 1. The van der Waals surface area contributed by atoms with E-state index in [0.29, 0.717) is 6.42 Å². The highest BCUT2D eigenvalue weighted by Crippen LogP contribution is 2.26. The molecule has 0 saturated carbocycles. The summed E-state index contributed by atoms with van der Waals surface area (Å²) >= 11 is 6.24. The molecule has 0 amide bonds. The SMILES string of the molecule is O=[N+]([O-])c1ccc(CC(Cl)c2ccc(F)cc2)cc1. The van der Waals surface area contributed by atoms with E-state index in [2.05, 4.69) is 0 Å². The van der Waals surface area contributed by atoms with E-state index in [-0.39, 0.29) is 16.9 Å². The standard InChI is InChI=1S/C14H11ClFNO2/c15-14(11-3-5-12(16)6-4-11)9-10-1-7-13(8-2-10)17(18)19/h1-8,14H,9H2. The predicted molar refractivity (Wildman–Crippen MR) is 71.8 cm³/mol. The van der Waals surface area contributed by atoms with Crippen LogP contribution in [0.4, 0.5) is 10.1 Å². The van der Waals surface area contributed by atoms with E-state index in [9.17, 15) is 14.5 Å². The molecule has 2 aromatic rings. The normalized spacial score (nSPS) is 12.1. The van der Waals surface area contributed by atoms with Crippen LogP contribution in [0.25, 0.3) is 0 Å². The predicted octanol–water partition coefficient (Wildman–Crippen LogP) is 4.26. The molecule has 5 heteroatoms. The van der Waals surface area contributed by atoms with Crippen LogP contribution < -0.4 is 0 Å². The summed E-state index contributed by atoms with van der Waals surface area (Å²) in [6.07, 6.45) is 0.533. The van der Waals surface area contributed by atoms with Gasteiger partial charge < -0.3 is 0 Å². The Morgan fingerprint density at radius 2 is 1.68 bits per heavy atom. The minimum Gasteiger partial charge on any atom is -0.258 e. The van der Waals surface area contributed by atoms with Gasteiger partial charge in [-0.25, -0.2) is 4.39 Å². The summed E-state index contributed by atoms with van der Waals surface area (Å²) in [4.78, 5) is 10.1. The summed E-state index contributed by atoms with van der Waals surface area (Å²) in [5, 5.41) is 10.2. The maximum atomic E-state index is 12.8. The molecule has 0 heterocycles. The molecule has 0 aliphatic carbocycles. The number of halogens is 2. The highest BCUT2D eigenvalue weighted by atomic mass is 35.5. The third kappa shape index (κ3) is 3.51. The summed E-state index contributed by atoms with van der Waals surface area (Å²) in [5.74, 6) is -0.303. The van der Waals surface area contributed by atoms with Crippen molar-refractivity contribution in [3.05, 3.63) is 75.6 Å². The molecule has 0 spiro atoms. The third-order valence-corrected chi connectivity index (χ3v) is 3.20. The summed E-state index contributed by atoms with van der Waals surface area (Å²) < 4.78 is 12.8. The van der Waals surface area contributed by atoms with Crippen LogP contribution in [0.1, 0.15) is 16.5 Å². The van der Waals surface area contributed by atoms with Gasteiger partial charge >= 0.3 is 0 Å². The summed E-state index contributed by atoms with van der Waals surface area (Å²) in [7, 11) is 0. The molecule has 2 rings (SSSR count). The van der Waals surface area contributed by atoms with Gasteiger partial charge in [-0.1, -0.05) is 24.3 Å². The number of nitro groups is 1. The molecule has 0 fully saturated rings. The van der Waals surface area contributed by atoms with Crippen LogP contribution in [0.15, 0.2) is 48.5 Å². The van der Waals surface area contributed by atoms with Gasteiger partial charge in [-0.3, -0.25) is 10.1 Å². The molecular formula is C14H11ClFNO2. The van der Waals surface area contributed by atoms with Crippen LogP contribution in [-0.4, -0.2) is 4.92 Å². The highest BCUT2D eigenvalue weighted by Gasteiger charge is 2.10. The van der Waals surface area contributed by atoms with Gasteiger partial charge in [0.15, 0.2) is 0 Å². The Morgan fingerprint density at radius 3 is 2.21 bits per heavy atom. The van der Waals surface area contributed by atoms with Crippen LogP contribution in [0.5, 0.6) is 0 Å². The van der Waals surface area contributed by atoms with Crippen molar-refractivity contribution >= 4 is 17.3 Å². The quantitative estimate of drug-likeness (QED) is 0.477. The van der Waals surface area contributed by atoms with Crippen LogP contribution >= 0.6 is 11.6 Å². The molecule has 0 N–H and O–H groups in total. The first kappa shape index (κ1) is 13.5. The molecular weight excluding hydrogens is 269 g/mol. The number of benzene rings is 2. The van der Waals surface area contributed by atoms with Gasteiger partial charge in [0.1, 0.15) is 5.82 Å². The average molecular weight is 280 g/mol. The van der Waals surface area contributed by atoms with Crippen molar-refractivity contribution in [2.75, 3.05) is 0 Å². The van der Waals surface area contributed by atoms with Gasteiger partial charge in [-0.2, -0.15) is 0 Å². The van der Waals surface area contributed by atoms with Crippen molar-refractivity contribution < 1.29 is 9.31 Å². The van der Waals surface area contributed by atoms with E-state index in [1.807, 2.05) is 0 Å². The lowest BCUT2D eigenvalue weighted by Gasteiger charge is -2.09. The second-order valence-corrected chi connectivity index (χ2v) is 4.67. The molecule has 1 atom stereocenters. The summed E-state index contributed by atoms with van der Waals surface area (Å²) in [6, 6.07) is 12.2. The molecule has 0 aliphatic heterocycles. The number of hydrogen-bond donors (Lipinski definition) is 0. The van der Waals surface area contributed by atoms with Crippen LogP contribution in [-0.2, 0) is 6.42 Å². The molecule has 0 aromatic heterocycles. The van der Waals surface area contributed by atoms with Gasteiger partial charge in [0, 0.05) is 12.1 Å². The van der Waals surface area contributed by atoms with Crippen LogP contribution in [0.2, 0.25) is 0 Å². The minimum atomic E-state index is -0.443. The van der Waals surface area contributed by atoms with Crippen molar-refractivity contribution in [3.8, 4) is 0 Å². The molecule has 0 radical (unpaired) electrons. The van der Waals surface area contributed by atoms with Crippen molar-refractivity contribution in [2.24, 2.45) is 0 Å². The Kier molecular flexibility index (Phi) is 4.12. The van der Waals surface area contributed by atoms with E-state index in [1.54, 1.807) is 24.3 Å². The average Bonchev–Trinajstić information content (AvgIpc) is 2.40. The van der Waals surface area contributed by atoms with E-state index in [1.165, 1.54) is 24.3 Å². The molecule has 98 valence electrons. The molecule has 2 aromatic carbocycles. The van der Waals surface area contributed by atoms with Gasteiger partial charge in [-0.15, -0.1) is 11.6 Å². The van der Waals surface area contributed by atoms with Gasteiger partial charge in [-0.05, 0) is 29.7 Å². The lowest BCUT2D eigenvalue weighted by atomic mass is 10.0. The molecule has 19 heavy (non-hydrogen) atoms. The number of alkyl halides is 1. The number of nitrogens with zero attached hydrogens (tertiary/aromatic N) is 1. The lowest BCUT2D eigenvalue weighted by molar-refractivity contribution is -0.384. The number of nitro benzene ring substituents is 1.